The van der Waals surface area contributed by atoms with Gasteiger partial charge in [-0.3, -0.25) is 4.79 Å². The molecule has 11 nitrogen and oxygen atoms in total. The minimum Gasteiger partial charge on any atom is -0.393 e. The Morgan fingerprint density at radius 2 is 1.59 bits per heavy atom. The Kier molecular flexibility index (Phi) is 8.96. The number of morpholine rings is 1. The molecule has 39 heavy (non-hydrogen) atoms. The molecule has 4 N–H and O–H groups in total. The molecule has 3 fully saturated rings. The lowest BCUT2D eigenvalue weighted by Crippen LogP contribution is -2.40. The van der Waals surface area contributed by atoms with E-state index in [9.17, 15) is 18.3 Å². The third-order valence-electron chi connectivity index (χ3n) is 7.73. The van der Waals surface area contributed by atoms with Crippen LogP contribution < -0.4 is 16.0 Å². The number of anilines is 3. The maximum atomic E-state index is 13.3. The standard InChI is InChI=1S/C27H38N6O5S/c34-22-10-6-20(7-11-22)29-25-24(18-28-27(32-25)31-19-4-2-1-3-5-19)26(35)30-21-8-12-23(13-9-21)39(36,37)33-14-16-38-17-15-33/h8-9,12-13,18-20,22,34H,1-7,10-11,14-17H2,(H,30,35)(H2,28,29,31,32). The van der Waals surface area contributed by atoms with E-state index in [4.69, 9.17) is 4.74 Å². The number of aliphatic hydroxyl groups is 1. The van der Waals surface area contributed by atoms with Crippen LogP contribution in [0.25, 0.3) is 0 Å². The fraction of sp³-hybridized carbons (Fsp3) is 0.593. The van der Waals surface area contributed by atoms with Gasteiger partial charge in [-0.15, -0.1) is 0 Å². The van der Waals surface area contributed by atoms with E-state index in [1.54, 1.807) is 12.1 Å². The molecule has 0 bridgehead atoms. The fourth-order valence-corrected chi connectivity index (χ4v) is 6.82. The highest BCUT2D eigenvalue weighted by molar-refractivity contribution is 7.89. The van der Waals surface area contributed by atoms with E-state index in [-0.39, 0.29) is 22.9 Å². The number of aliphatic hydroxyl groups excluding tert-OH is 1. The van der Waals surface area contributed by atoms with Crippen molar-refractivity contribution in [3.05, 3.63) is 36.0 Å². The number of nitrogens with one attached hydrogen (secondary N) is 3. The lowest BCUT2D eigenvalue weighted by atomic mass is 9.93. The number of nitrogens with zero attached hydrogens (tertiary/aromatic N) is 3. The fourth-order valence-electron chi connectivity index (χ4n) is 5.42. The van der Waals surface area contributed by atoms with E-state index in [0.29, 0.717) is 68.2 Å². The van der Waals surface area contributed by atoms with Gasteiger partial charge in [0.25, 0.3) is 5.91 Å². The second-order valence-electron chi connectivity index (χ2n) is 10.6. The van der Waals surface area contributed by atoms with Crippen LogP contribution in [0.2, 0.25) is 0 Å². The number of carbonyl (C=O) groups excluding carboxylic acids is 1. The van der Waals surface area contributed by atoms with Crippen LogP contribution in [0.4, 0.5) is 17.5 Å². The first-order chi connectivity index (χ1) is 18.9. The zero-order valence-corrected chi connectivity index (χ0v) is 23.0. The average molecular weight is 559 g/mol. The number of hydrogen-bond acceptors (Lipinski definition) is 9. The summed E-state index contributed by atoms with van der Waals surface area (Å²) < 4.78 is 32.5. The van der Waals surface area contributed by atoms with Crippen LogP contribution in [0, 0.1) is 0 Å². The van der Waals surface area contributed by atoms with Gasteiger partial charge in [0.05, 0.1) is 24.2 Å². The highest BCUT2D eigenvalue weighted by Gasteiger charge is 2.27. The molecule has 1 saturated heterocycles. The van der Waals surface area contributed by atoms with Gasteiger partial charge in [-0.2, -0.15) is 9.29 Å². The van der Waals surface area contributed by atoms with Gasteiger partial charge in [0.15, 0.2) is 0 Å². The number of carbonyl (C=O) groups is 1. The number of rotatable bonds is 8. The third-order valence-corrected chi connectivity index (χ3v) is 9.64. The Morgan fingerprint density at radius 3 is 2.28 bits per heavy atom. The Morgan fingerprint density at radius 1 is 0.923 bits per heavy atom. The smallest absolute Gasteiger partial charge is 0.260 e. The molecule has 0 radical (unpaired) electrons. The summed E-state index contributed by atoms with van der Waals surface area (Å²) in [6.45, 7) is 1.40. The van der Waals surface area contributed by atoms with Crippen LogP contribution in [0.5, 0.6) is 0 Å². The van der Waals surface area contributed by atoms with Crippen LogP contribution in [0.15, 0.2) is 35.4 Å². The van der Waals surface area contributed by atoms with Gasteiger partial charge in [0.2, 0.25) is 16.0 Å². The van der Waals surface area contributed by atoms with E-state index in [1.165, 1.54) is 41.9 Å². The molecule has 0 unspecified atom stereocenters. The van der Waals surface area contributed by atoms with Gasteiger partial charge in [-0.05, 0) is 62.8 Å². The van der Waals surface area contributed by atoms with E-state index >= 15 is 0 Å². The van der Waals surface area contributed by atoms with Gasteiger partial charge in [-0.25, -0.2) is 13.4 Å². The molecular formula is C27H38N6O5S. The quantitative estimate of drug-likeness (QED) is 0.384. The summed E-state index contributed by atoms with van der Waals surface area (Å²) in [6, 6.07) is 6.59. The van der Waals surface area contributed by atoms with Gasteiger partial charge in [0, 0.05) is 37.1 Å². The number of aromatic nitrogens is 2. The molecule has 0 spiro atoms. The van der Waals surface area contributed by atoms with Crippen LogP contribution in [-0.4, -0.2) is 78.2 Å². The normalized spacial score (nSPS) is 23.2. The average Bonchev–Trinajstić information content (AvgIpc) is 2.96. The molecule has 0 atom stereocenters. The van der Waals surface area contributed by atoms with Crippen molar-refractivity contribution >= 4 is 33.4 Å². The topological polar surface area (TPSA) is 146 Å². The zero-order chi connectivity index (χ0) is 27.2. The zero-order valence-electron chi connectivity index (χ0n) is 22.1. The maximum Gasteiger partial charge on any atom is 0.260 e. The van der Waals surface area contributed by atoms with Crippen molar-refractivity contribution in [2.75, 3.05) is 42.3 Å². The molecule has 2 heterocycles. The first-order valence-electron chi connectivity index (χ1n) is 14.0. The second kappa shape index (κ2) is 12.6. The first kappa shape index (κ1) is 27.8. The van der Waals surface area contributed by atoms with E-state index < -0.39 is 10.0 Å². The predicted molar refractivity (Wildman–Crippen MR) is 148 cm³/mol. The van der Waals surface area contributed by atoms with Crippen LogP contribution >= 0.6 is 0 Å². The molecule has 2 aliphatic carbocycles. The Hall–Kier alpha value is -2.80. The third kappa shape index (κ3) is 7.05. The van der Waals surface area contributed by atoms with Crippen LogP contribution in [0.3, 0.4) is 0 Å². The molecule has 1 aromatic carbocycles. The summed E-state index contributed by atoms with van der Waals surface area (Å²) in [6.07, 6.45) is 10.00. The number of sulfonamides is 1. The number of amides is 1. The molecule has 1 aromatic heterocycles. The largest absolute Gasteiger partial charge is 0.393 e. The van der Waals surface area contributed by atoms with E-state index in [2.05, 4.69) is 25.9 Å². The molecule has 212 valence electrons. The van der Waals surface area contributed by atoms with E-state index in [1.807, 2.05) is 0 Å². The predicted octanol–water partition coefficient (Wildman–Crippen LogP) is 3.21. The summed E-state index contributed by atoms with van der Waals surface area (Å²) in [5, 5.41) is 19.6. The highest BCUT2D eigenvalue weighted by Crippen LogP contribution is 2.26. The lowest BCUT2D eigenvalue weighted by Gasteiger charge is -2.28. The van der Waals surface area contributed by atoms with Crippen molar-refractivity contribution in [3.8, 4) is 0 Å². The van der Waals surface area contributed by atoms with Crippen molar-refractivity contribution in [2.45, 2.75) is 80.9 Å². The molecule has 1 amide bonds. The molecule has 1 aliphatic heterocycles. The summed E-state index contributed by atoms with van der Waals surface area (Å²) in [5.41, 5.74) is 0.775. The summed E-state index contributed by atoms with van der Waals surface area (Å²) in [7, 11) is -3.62. The molecule has 3 aliphatic rings. The van der Waals surface area contributed by atoms with Crippen molar-refractivity contribution < 1.29 is 23.1 Å². The highest BCUT2D eigenvalue weighted by atomic mass is 32.2. The number of ether oxygens (including phenoxy) is 1. The van der Waals surface area contributed by atoms with Crippen LogP contribution in [0.1, 0.15) is 68.1 Å². The lowest BCUT2D eigenvalue weighted by molar-refractivity contribution is 0.0730. The van der Waals surface area contributed by atoms with Crippen molar-refractivity contribution in [1.29, 1.82) is 0 Å². The minimum absolute atomic E-state index is 0.0991. The van der Waals surface area contributed by atoms with Gasteiger partial charge < -0.3 is 25.8 Å². The van der Waals surface area contributed by atoms with Gasteiger partial charge in [-0.1, -0.05) is 19.3 Å². The van der Waals surface area contributed by atoms with Crippen molar-refractivity contribution in [1.82, 2.24) is 14.3 Å². The first-order valence-corrected chi connectivity index (χ1v) is 15.4. The number of hydrogen-bond donors (Lipinski definition) is 4. The second-order valence-corrected chi connectivity index (χ2v) is 12.5. The Bertz CT molecular complexity index is 1220. The Balaban J connectivity index is 1.31. The summed E-state index contributed by atoms with van der Waals surface area (Å²) >= 11 is 0. The van der Waals surface area contributed by atoms with E-state index in [0.717, 1.165) is 25.7 Å². The van der Waals surface area contributed by atoms with Gasteiger partial charge in [0.1, 0.15) is 11.4 Å². The Labute approximate surface area is 229 Å². The molecule has 5 rings (SSSR count). The van der Waals surface area contributed by atoms with Gasteiger partial charge >= 0.3 is 0 Å². The number of benzene rings is 1. The van der Waals surface area contributed by atoms with Crippen LogP contribution in [-0.2, 0) is 14.8 Å². The summed E-state index contributed by atoms with van der Waals surface area (Å²) in [5.74, 6) is 0.560. The van der Waals surface area contributed by atoms with Crippen molar-refractivity contribution in [2.24, 2.45) is 0 Å². The monoisotopic (exact) mass is 558 g/mol. The van der Waals surface area contributed by atoms with Crippen molar-refractivity contribution in [3.63, 3.8) is 0 Å². The maximum absolute atomic E-state index is 13.3. The molecular weight excluding hydrogens is 520 g/mol. The SMILES string of the molecule is O=C(Nc1ccc(S(=O)(=O)N2CCOCC2)cc1)c1cnc(NC2CCCCC2)nc1NC1CCC(O)CC1. The minimum atomic E-state index is -3.62. The molecule has 2 saturated carbocycles. The molecule has 12 heteroatoms. The summed E-state index contributed by atoms with van der Waals surface area (Å²) in [4.78, 5) is 22.6. The molecule has 2 aromatic rings.